The van der Waals surface area contributed by atoms with Crippen molar-refractivity contribution in [2.75, 3.05) is 39.3 Å². The van der Waals surface area contributed by atoms with Gasteiger partial charge in [0.1, 0.15) is 0 Å². The van der Waals surface area contributed by atoms with Gasteiger partial charge in [-0.25, -0.2) is 14.2 Å². The SMILES string of the molecule is CC(C)n1c(=O)n(C(=O)NCCN2CCNCC2)c2ccccc21. The Morgan fingerprint density at radius 2 is 1.88 bits per heavy atom. The lowest BCUT2D eigenvalue weighted by Gasteiger charge is -2.27. The highest BCUT2D eigenvalue weighted by Gasteiger charge is 2.19. The standard InChI is InChI=1S/C17H25N5O2/c1-13(2)21-14-5-3-4-6-15(14)22(17(21)24)16(23)19-9-12-20-10-7-18-8-11-20/h3-6,13,18H,7-12H2,1-2H3,(H,19,23). The van der Waals surface area contributed by atoms with Gasteiger partial charge in [-0.3, -0.25) is 9.47 Å². The number of para-hydroxylation sites is 2. The molecule has 3 rings (SSSR count). The lowest BCUT2D eigenvalue weighted by Crippen LogP contribution is -2.47. The molecule has 1 aromatic heterocycles. The summed E-state index contributed by atoms with van der Waals surface area (Å²) >= 11 is 0. The van der Waals surface area contributed by atoms with Gasteiger partial charge in [0, 0.05) is 45.3 Å². The summed E-state index contributed by atoms with van der Waals surface area (Å²) in [6, 6.07) is 7.06. The van der Waals surface area contributed by atoms with Gasteiger partial charge in [0.05, 0.1) is 11.0 Å². The minimum Gasteiger partial charge on any atom is -0.336 e. The molecule has 0 radical (unpaired) electrons. The van der Waals surface area contributed by atoms with E-state index in [0.29, 0.717) is 12.1 Å². The van der Waals surface area contributed by atoms with Crippen LogP contribution in [0.4, 0.5) is 4.79 Å². The molecule has 1 amide bonds. The summed E-state index contributed by atoms with van der Waals surface area (Å²) in [6.45, 7) is 9.16. The molecule has 1 saturated heterocycles. The zero-order valence-corrected chi connectivity index (χ0v) is 14.3. The minimum atomic E-state index is -0.356. The van der Waals surface area contributed by atoms with Crippen molar-refractivity contribution in [3.8, 4) is 0 Å². The van der Waals surface area contributed by atoms with Crippen LogP contribution in [0.2, 0.25) is 0 Å². The Labute approximate surface area is 141 Å². The number of piperazine rings is 1. The van der Waals surface area contributed by atoms with Gasteiger partial charge in [0.25, 0.3) is 0 Å². The predicted molar refractivity (Wildman–Crippen MR) is 94.7 cm³/mol. The number of hydrogen-bond donors (Lipinski definition) is 2. The fourth-order valence-electron chi connectivity index (χ4n) is 3.20. The largest absolute Gasteiger partial charge is 0.337 e. The molecule has 24 heavy (non-hydrogen) atoms. The van der Waals surface area contributed by atoms with E-state index >= 15 is 0 Å². The molecule has 0 atom stereocenters. The number of benzene rings is 1. The van der Waals surface area contributed by atoms with Crippen LogP contribution in [0.5, 0.6) is 0 Å². The van der Waals surface area contributed by atoms with Gasteiger partial charge in [-0.15, -0.1) is 0 Å². The maximum Gasteiger partial charge on any atom is 0.337 e. The van der Waals surface area contributed by atoms with Crippen molar-refractivity contribution in [3.63, 3.8) is 0 Å². The van der Waals surface area contributed by atoms with E-state index in [1.165, 1.54) is 4.57 Å². The number of fused-ring (bicyclic) bond motifs is 1. The van der Waals surface area contributed by atoms with Crippen LogP contribution in [0.3, 0.4) is 0 Å². The molecule has 0 unspecified atom stereocenters. The van der Waals surface area contributed by atoms with Crippen molar-refractivity contribution in [2.45, 2.75) is 19.9 Å². The third-order valence-electron chi connectivity index (χ3n) is 4.41. The molecule has 7 heteroatoms. The second-order valence-corrected chi connectivity index (χ2v) is 6.39. The first kappa shape index (κ1) is 16.7. The lowest BCUT2D eigenvalue weighted by atomic mass is 10.3. The van der Waals surface area contributed by atoms with Crippen LogP contribution in [-0.2, 0) is 0 Å². The monoisotopic (exact) mass is 331 g/mol. The Kier molecular flexibility index (Phi) is 5.01. The Morgan fingerprint density at radius 3 is 2.54 bits per heavy atom. The molecule has 0 spiro atoms. The Hall–Kier alpha value is -2.12. The Bertz CT molecular complexity index is 771. The molecule has 0 bridgehead atoms. The van der Waals surface area contributed by atoms with E-state index in [2.05, 4.69) is 15.5 Å². The van der Waals surface area contributed by atoms with Gasteiger partial charge < -0.3 is 10.6 Å². The second-order valence-electron chi connectivity index (χ2n) is 6.39. The maximum atomic E-state index is 12.7. The molecule has 1 aliphatic heterocycles. The molecule has 0 aliphatic carbocycles. The number of amides is 1. The summed E-state index contributed by atoms with van der Waals surface area (Å²) in [7, 11) is 0. The maximum absolute atomic E-state index is 12.7. The van der Waals surface area contributed by atoms with Crippen molar-refractivity contribution >= 4 is 17.1 Å². The van der Waals surface area contributed by atoms with Crippen LogP contribution < -0.4 is 16.3 Å². The third-order valence-corrected chi connectivity index (χ3v) is 4.41. The van der Waals surface area contributed by atoms with Crippen molar-refractivity contribution in [1.29, 1.82) is 0 Å². The quantitative estimate of drug-likeness (QED) is 0.871. The second kappa shape index (κ2) is 7.19. The van der Waals surface area contributed by atoms with Crippen molar-refractivity contribution in [1.82, 2.24) is 24.7 Å². The molecule has 0 saturated carbocycles. The van der Waals surface area contributed by atoms with Gasteiger partial charge in [0.2, 0.25) is 0 Å². The molecule has 2 N–H and O–H groups in total. The predicted octanol–water partition coefficient (Wildman–Crippen LogP) is 0.847. The normalized spacial score (nSPS) is 16.0. The highest BCUT2D eigenvalue weighted by Crippen LogP contribution is 2.16. The number of carbonyl (C=O) groups excluding carboxylic acids is 1. The van der Waals surface area contributed by atoms with Crippen LogP contribution in [0.25, 0.3) is 11.0 Å². The van der Waals surface area contributed by atoms with E-state index in [1.807, 2.05) is 38.1 Å². The number of carbonyl (C=O) groups is 1. The summed E-state index contributed by atoms with van der Waals surface area (Å²) in [5.41, 5.74) is 1.15. The molecule has 1 fully saturated rings. The van der Waals surface area contributed by atoms with E-state index in [9.17, 15) is 9.59 Å². The van der Waals surface area contributed by atoms with Crippen LogP contribution in [0, 0.1) is 0 Å². The van der Waals surface area contributed by atoms with Crippen LogP contribution in [0.15, 0.2) is 29.1 Å². The van der Waals surface area contributed by atoms with Crippen molar-refractivity contribution in [3.05, 3.63) is 34.7 Å². The number of imidazole rings is 1. The van der Waals surface area contributed by atoms with Gasteiger partial charge >= 0.3 is 11.7 Å². The first-order valence-corrected chi connectivity index (χ1v) is 8.53. The summed E-state index contributed by atoms with van der Waals surface area (Å²) in [4.78, 5) is 27.5. The lowest BCUT2D eigenvalue weighted by molar-refractivity contribution is 0.227. The van der Waals surface area contributed by atoms with E-state index in [1.54, 1.807) is 4.57 Å². The summed E-state index contributed by atoms with van der Waals surface area (Å²) in [6.07, 6.45) is 0. The molecular formula is C17H25N5O2. The highest BCUT2D eigenvalue weighted by atomic mass is 16.2. The minimum absolute atomic E-state index is 0.00250. The van der Waals surface area contributed by atoms with Crippen molar-refractivity contribution < 1.29 is 4.79 Å². The van der Waals surface area contributed by atoms with Gasteiger partial charge in [-0.2, -0.15) is 0 Å². The Morgan fingerprint density at radius 1 is 1.21 bits per heavy atom. The summed E-state index contributed by atoms with van der Waals surface area (Å²) in [5.74, 6) is 0. The third kappa shape index (κ3) is 3.22. The van der Waals surface area contributed by atoms with E-state index in [4.69, 9.17) is 0 Å². The number of nitrogens with one attached hydrogen (secondary N) is 2. The van der Waals surface area contributed by atoms with Gasteiger partial charge in [-0.05, 0) is 26.0 Å². The summed E-state index contributed by atoms with van der Waals surface area (Å²) in [5, 5.41) is 6.18. The topological polar surface area (TPSA) is 71.3 Å². The molecule has 1 aromatic carbocycles. The fraction of sp³-hybridized carbons (Fsp3) is 0.529. The van der Waals surface area contributed by atoms with Crippen molar-refractivity contribution in [2.24, 2.45) is 0 Å². The average Bonchev–Trinajstić information content (AvgIpc) is 2.87. The summed E-state index contributed by atoms with van der Waals surface area (Å²) < 4.78 is 2.90. The fourth-order valence-corrected chi connectivity index (χ4v) is 3.20. The van der Waals surface area contributed by atoms with Gasteiger partial charge in [-0.1, -0.05) is 12.1 Å². The molecule has 130 valence electrons. The molecular weight excluding hydrogens is 306 g/mol. The number of aromatic nitrogens is 2. The van der Waals surface area contributed by atoms with Crippen LogP contribution in [-0.4, -0.2) is 59.3 Å². The molecule has 1 aliphatic rings. The smallest absolute Gasteiger partial charge is 0.336 e. The van der Waals surface area contributed by atoms with Crippen LogP contribution >= 0.6 is 0 Å². The highest BCUT2D eigenvalue weighted by molar-refractivity contribution is 5.89. The van der Waals surface area contributed by atoms with Crippen LogP contribution in [0.1, 0.15) is 19.9 Å². The average molecular weight is 331 g/mol. The number of hydrogen-bond acceptors (Lipinski definition) is 4. The van der Waals surface area contributed by atoms with E-state index in [0.717, 1.165) is 38.2 Å². The zero-order valence-electron chi connectivity index (χ0n) is 14.3. The first-order chi connectivity index (χ1) is 11.6. The van der Waals surface area contributed by atoms with Gasteiger partial charge in [0.15, 0.2) is 0 Å². The zero-order chi connectivity index (χ0) is 17.1. The Balaban J connectivity index is 1.77. The molecule has 2 aromatic rings. The molecule has 7 nitrogen and oxygen atoms in total. The van der Waals surface area contributed by atoms with E-state index < -0.39 is 0 Å². The first-order valence-electron chi connectivity index (χ1n) is 8.53. The number of nitrogens with zero attached hydrogens (tertiary/aromatic N) is 3. The molecule has 2 heterocycles. The number of rotatable bonds is 4. The van der Waals surface area contributed by atoms with E-state index in [-0.39, 0.29) is 17.8 Å².